The lowest BCUT2D eigenvalue weighted by Crippen LogP contribution is -2.43. The number of hydrogen-bond acceptors (Lipinski definition) is 7. The number of hydrogen-bond donors (Lipinski definition) is 2. The highest BCUT2D eigenvalue weighted by molar-refractivity contribution is 6.30. The van der Waals surface area contributed by atoms with E-state index in [2.05, 4.69) is 10.3 Å². The zero-order valence-corrected chi connectivity index (χ0v) is 18.2. The minimum atomic E-state index is -1.19. The molecule has 9 nitrogen and oxygen atoms in total. The largest absolute Gasteiger partial charge is 0.449 e. The van der Waals surface area contributed by atoms with Crippen LogP contribution in [-0.2, 0) is 20.1 Å². The second-order valence-corrected chi connectivity index (χ2v) is 7.77. The fourth-order valence-electron chi connectivity index (χ4n) is 3.54. The molecule has 3 heterocycles. The molecule has 1 unspecified atom stereocenters. The Hall–Kier alpha value is -3.44. The number of ether oxygens (including phenoxy) is 1. The molecule has 2 aromatic heterocycles. The fourth-order valence-corrected chi connectivity index (χ4v) is 3.65. The number of halogens is 3. The van der Waals surface area contributed by atoms with Crippen molar-refractivity contribution < 1.29 is 18.6 Å². The van der Waals surface area contributed by atoms with Crippen molar-refractivity contribution in [3.8, 4) is 5.75 Å². The average Bonchev–Trinajstić information content (AvgIpc) is 3.15. The lowest BCUT2D eigenvalue weighted by atomic mass is 10.3. The van der Waals surface area contributed by atoms with Crippen molar-refractivity contribution in [1.29, 1.82) is 0 Å². The minimum absolute atomic E-state index is 0.00632. The Morgan fingerprint density at radius 1 is 1.24 bits per heavy atom. The van der Waals surface area contributed by atoms with Crippen LogP contribution in [0.5, 0.6) is 5.75 Å². The predicted octanol–water partition coefficient (Wildman–Crippen LogP) is 2.05. The Balaban J connectivity index is 1.81. The zero-order chi connectivity index (χ0) is 23.7. The standard InChI is InChI=1S/C21H20ClF2N5O4/c1-27-18-17(19(31)28(21(27)32)8-3-9-30)29(11-13-7-6-12(22)10-25-13)20(26-18)33-15-5-2-4-14(23)16(15)24/h2,4-7,10,20,26,30H,3,8-9,11H2,1H3. The van der Waals surface area contributed by atoms with Crippen LogP contribution in [0, 0.1) is 11.6 Å². The van der Waals surface area contributed by atoms with Gasteiger partial charge in [-0.15, -0.1) is 0 Å². The number of rotatable bonds is 7. The van der Waals surface area contributed by atoms with Gasteiger partial charge in [-0.1, -0.05) is 17.7 Å². The summed E-state index contributed by atoms with van der Waals surface area (Å²) in [5.74, 6) is -2.50. The lowest BCUT2D eigenvalue weighted by molar-refractivity contribution is 0.214. The molecule has 0 fully saturated rings. The molecule has 0 radical (unpaired) electrons. The van der Waals surface area contributed by atoms with Gasteiger partial charge in [-0.25, -0.2) is 9.18 Å². The minimum Gasteiger partial charge on any atom is -0.449 e. The number of aliphatic hydroxyl groups is 1. The molecule has 0 spiro atoms. The third-order valence-electron chi connectivity index (χ3n) is 5.17. The third kappa shape index (κ3) is 4.29. The van der Waals surface area contributed by atoms with Crippen LogP contribution < -0.4 is 26.2 Å². The molecule has 0 saturated carbocycles. The van der Waals surface area contributed by atoms with E-state index in [1.54, 1.807) is 12.1 Å². The van der Waals surface area contributed by atoms with Gasteiger partial charge in [0.1, 0.15) is 11.5 Å². The molecule has 0 aliphatic carbocycles. The maximum Gasteiger partial charge on any atom is 0.332 e. The molecule has 0 amide bonds. The van der Waals surface area contributed by atoms with Crippen molar-refractivity contribution in [1.82, 2.24) is 14.1 Å². The molecule has 0 bridgehead atoms. The normalized spacial score (nSPS) is 14.8. The second-order valence-electron chi connectivity index (χ2n) is 7.33. The van der Waals surface area contributed by atoms with Gasteiger partial charge in [-0.3, -0.25) is 18.9 Å². The molecular weight excluding hydrogens is 460 g/mol. The Morgan fingerprint density at radius 2 is 2.03 bits per heavy atom. The van der Waals surface area contributed by atoms with Crippen molar-refractivity contribution in [3.05, 3.63) is 79.7 Å². The molecule has 1 aliphatic heterocycles. The van der Waals surface area contributed by atoms with E-state index in [0.717, 1.165) is 10.6 Å². The summed E-state index contributed by atoms with van der Waals surface area (Å²) in [4.78, 5) is 31.7. The number of nitrogens with one attached hydrogen (secondary N) is 1. The highest BCUT2D eigenvalue weighted by Crippen LogP contribution is 2.33. The quantitative estimate of drug-likeness (QED) is 0.535. The van der Waals surface area contributed by atoms with Gasteiger partial charge in [-0.2, -0.15) is 4.39 Å². The molecule has 3 aromatic rings. The van der Waals surface area contributed by atoms with E-state index in [1.807, 2.05) is 0 Å². The number of fused-ring (bicyclic) bond motifs is 1. The van der Waals surface area contributed by atoms with Crippen LogP contribution in [0.15, 0.2) is 46.1 Å². The highest BCUT2D eigenvalue weighted by Gasteiger charge is 2.37. The number of benzene rings is 1. The third-order valence-corrected chi connectivity index (χ3v) is 5.39. The second kappa shape index (κ2) is 9.20. The van der Waals surface area contributed by atoms with Gasteiger partial charge in [0.2, 0.25) is 5.82 Å². The van der Waals surface area contributed by atoms with Crippen LogP contribution in [0.4, 0.5) is 20.3 Å². The summed E-state index contributed by atoms with van der Waals surface area (Å²) in [6, 6.07) is 6.76. The van der Waals surface area contributed by atoms with Gasteiger partial charge in [-0.05, 0) is 30.7 Å². The molecule has 174 valence electrons. The molecule has 1 atom stereocenters. The summed E-state index contributed by atoms with van der Waals surface area (Å²) in [6.45, 7) is -0.160. The van der Waals surface area contributed by atoms with Gasteiger partial charge in [0, 0.05) is 26.4 Å². The molecule has 0 saturated heterocycles. The maximum atomic E-state index is 14.3. The Bertz CT molecular complexity index is 1300. The van der Waals surface area contributed by atoms with Crippen LogP contribution >= 0.6 is 11.6 Å². The van der Waals surface area contributed by atoms with E-state index in [0.29, 0.717) is 10.7 Å². The van der Waals surface area contributed by atoms with Gasteiger partial charge in [0.15, 0.2) is 11.6 Å². The Kier molecular flexibility index (Phi) is 6.34. The molecule has 1 aliphatic rings. The zero-order valence-electron chi connectivity index (χ0n) is 17.5. The number of aromatic nitrogens is 3. The monoisotopic (exact) mass is 479 g/mol. The van der Waals surface area contributed by atoms with Gasteiger partial charge in [0.05, 0.1) is 17.3 Å². The van der Waals surface area contributed by atoms with Gasteiger partial charge < -0.3 is 20.1 Å². The summed E-state index contributed by atoms with van der Waals surface area (Å²) in [5, 5.41) is 12.5. The summed E-state index contributed by atoms with van der Waals surface area (Å²) in [5.41, 5.74) is -0.609. The first-order valence-corrected chi connectivity index (χ1v) is 10.4. The molecule has 12 heteroatoms. The van der Waals surface area contributed by atoms with Crippen molar-refractivity contribution >= 4 is 23.1 Å². The molecule has 33 heavy (non-hydrogen) atoms. The van der Waals surface area contributed by atoms with E-state index in [1.165, 1.54) is 34.8 Å². The van der Waals surface area contributed by atoms with Crippen LogP contribution in [0.2, 0.25) is 5.02 Å². The van der Waals surface area contributed by atoms with Crippen molar-refractivity contribution in [3.63, 3.8) is 0 Å². The smallest absolute Gasteiger partial charge is 0.332 e. The van der Waals surface area contributed by atoms with E-state index < -0.39 is 29.2 Å². The summed E-state index contributed by atoms with van der Waals surface area (Å²) >= 11 is 5.91. The topological polar surface area (TPSA) is 102 Å². The molecular formula is C21H20ClF2N5O4. The lowest BCUT2D eigenvalue weighted by Gasteiger charge is -2.26. The first-order valence-electron chi connectivity index (χ1n) is 10.0. The van der Waals surface area contributed by atoms with Crippen LogP contribution in [-0.4, -0.2) is 32.2 Å². The first kappa shape index (κ1) is 22.7. The van der Waals surface area contributed by atoms with Gasteiger partial charge in [0.25, 0.3) is 11.9 Å². The summed E-state index contributed by atoms with van der Waals surface area (Å²) in [6.07, 6.45) is 0.485. The van der Waals surface area contributed by atoms with Crippen molar-refractivity contribution in [2.24, 2.45) is 7.05 Å². The molecule has 1 aromatic carbocycles. The fraction of sp³-hybridized carbons (Fsp3) is 0.286. The molecule has 2 N–H and O–H groups in total. The van der Waals surface area contributed by atoms with Crippen molar-refractivity contribution in [2.75, 3.05) is 16.8 Å². The van der Waals surface area contributed by atoms with Crippen molar-refractivity contribution in [2.45, 2.75) is 25.9 Å². The SMILES string of the molecule is Cn1c2c(c(=O)n(CCCO)c1=O)N(Cc1ccc(Cl)cn1)C(Oc1cccc(F)c1F)N2. The number of nitrogens with zero attached hydrogens (tertiary/aromatic N) is 4. The van der Waals surface area contributed by atoms with Crippen LogP contribution in [0.1, 0.15) is 12.1 Å². The van der Waals surface area contributed by atoms with E-state index in [-0.39, 0.29) is 43.4 Å². The maximum absolute atomic E-state index is 14.3. The Labute approximate surface area is 191 Å². The van der Waals surface area contributed by atoms with Crippen LogP contribution in [0.25, 0.3) is 0 Å². The predicted molar refractivity (Wildman–Crippen MR) is 117 cm³/mol. The first-order chi connectivity index (χ1) is 15.8. The number of anilines is 2. The van der Waals surface area contributed by atoms with Gasteiger partial charge >= 0.3 is 5.69 Å². The molecule has 4 rings (SSSR count). The van der Waals surface area contributed by atoms with Crippen LogP contribution in [0.3, 0.4) is 0 Å². The number of aliphatic hydroxyl groups excluding tert-OH is 1. The average molecular weight is 480 g/mol. The number of pyridine rings is 1. The van der Waals surface area contributed by atoms with E-state index in [9.17, 15) is 18.4 Å². The van der Waals surface area contributed by atoms with E-state index in [4.69, 9.17) is 21.4 Å². The summed E-state index contributed by atoms with van der Waals surface area (Å²) in [7, 11) is 1.47. The Morgan fingerprint density at radius 3 is 2.73 bits per heavy atom. The summed E-state index contributed by atoms with van der Waals surface area (Å²) < 4.78 is 35.9. The van der Waals surface area contributed by atoms with E-state index >= 15 is 0 Å². The highest BCUT2D eigenvalue weighted by atomic mass is 35.5.